The second-order valence-electron chi connectivity index (χ2n) is 6.18. The Kier molecular flexibility index (Phi) is 16.0. The van der Waals surface area contributed by atoms with Gasteiger partial charge in [0.25, 0.3) is 0 Å². The van der Waals surface area contributed by atoms with Gasteiger partial charge < -0.3 is 5.32 Å². The van der Waals surface area contributed by atoms with Crippen LogP contribution < -0.4 is 5.32 Å². The maximum atomic E-state index is 3.61. The summed E-state index contributed by atoms with van der Waals surface area (Å²) in [6.07, 6.45) is 18.4. The smallest absolute Gasteiger partial charge is 0.00387 e. The molecule has 0 heterocycles. The van der Waals surface area contributed by atoms with Crippen LogP contribution in [0, 0.1) is 0 Å². The van der Waals surface area contributed by atoms with Crippen molar-refractivity contribution >= 4 is 0 Å². The van der Waals surface area contributed by atoms with E-state index in [2.05, 4.69) is 26.1 Å². The molecular formula is C18H39N. The lowest BCUT2D eigenvalue weighted by molar-refractivity contribution is 0.470. The van der Waals surface area contributed by atoms with Crippen molar-refractivity contribution in [1.82, 2.24) is 5.32 Å². The molecule has 0 rings (SSSR count). The zero-order valence-corrected chi connectivity index (χ0v) is 14.0. The molecule has 1 N–H and O–H groups in total. The first-order valence-electron chi connectivity index (χ1n) is 9.04. The molecule has 116 valence electrons. The van der Waals surface area contributed by atoms with Crippen LogP contribution in [0.4, 0.5) is 0 Å². The molecule has 0 bridgehead atoms. The zero-order chi connectivity index (χ0) is 14.2. The summed E-state index contributed by atoms with van der Waals surface area (Å²) >= 11 is 0. The Balaban J connectivity index is 3.05. The maximum absolute atomic E-state index is 3.61. The van der Waals surface area contributed by atoms with E-state index >= 15 is 0 Å². The summed E-state index contributed by atoms with van der Waals surface area (Å²) in [5.74, 6) is 0. The molecule has 0 radical (unpaired) electrons. The van der Waals surface area contributed by atoms with E-state index < -0.39 is 0 Å². The Morgan fingerprint density at radius 1 is 0.632 bits per heavy atom. The molecule has 0 aromatic rings. The quantitative estimate of drug-likeness (QED) is 0.355. The van der Waals surface area contributed by atoms with Crippen molar-refractivity contribution in [3.8, 4) is 0 Å². The van der Waals surface area contributed by atoms with Crippen molar-refractivity contribution in [1.29, 1.82) is 0 Å². The van der Waals surface area contributed by atoms with Gasteiger partial charge in [0, 0.05) is 6.04 Å². The standard InChI is InChI=1S/C18H39N/c1-4-6-8-9-10-11-12-13-14-15-16-18(3)19-17-7-5-2/h18-19H,4-17H2,1-3H3. The molecule has 0 aliphatic carbocycles. The van der Waals surface area contributed by atoms with Crippen molar-refractivity contribution < 1.29 is 0 Å². The highest BCUT2D eigenvalue weighted by atomic mass is 14.9. The van der Waals surface area contributed by atoms with Crippen LogP contribution in [0.3, 0.4) is 0 Å². The minimum atomic E-state index is 0.723. The highest BCUT2D eigenvalue weighted by molar-refractivity contribution is 4.60. The fraction of sp³-hybridized carbons (Fsp3) is 1.00. The third kappa shape index (κ3) is 15.9. The zero-order valence-electron chi connectivity index (χ0n) is 14.0. The molecule has 0 saturated heterocycles. The lowest BCUT2D eigenvalue weighted by Crippen LogP contribution is -2.26. The van der Waals surface area contributed by atoms with Gasteiger partial charge in [-0.25, -0.2) is 0 Å². The molecule has 0 fully saturated rings. The minimum absolute atomic E-state index is 0.723. The SMILES string of the molecule is CCCCCCCCCCCCC(C)NCCCC. The Labute approximate surface area is 122 Å². The number of hydrogen-bond acceptors (Lipinski definition) is 1. The van der Waals surface area contributed by atoms with E-state index in [0.717, 1.165) is 6.04 Å². The molecule has 1 atom stereocenters. The van der Waals surface area contributed by atoms with Gasteiger partial charge in [-0.3, -0.25) is 0 Å². The van der Waals surface area contributed by atoms with Crippen molar-refractivity contribution in [2.45, 2.75) is 110 Å². The first kappa shape index (κ1) is 19.0. The Hall–Kier alpha value is -0.0400. The summed E-state index contributed by atoms with van der Waals surface area (Å²) in [5.41, 5.74) is 0. The summed E-state index contributed by atoms with van der Waals surface area (Å²) in [6.45, 7) is 8.09. The summed E-state index contributed by atoms with van der Waals surface area (Å²) < 4.78 is 0. The van der Waals surface area contributed by atoms with Crippen molar-refractivity contribution in [3.63, 3.8) is 0 Å². The highest BCUT2D eigenvalue weighted by Gasteiger charge is 2.00. The monoisotopic (exact) mass is 269 g/mol. The number of hydrogen-bond donors (Lipinski definition) is 1. The van der Waals surface area contributed by atoms with Crippen LogP contribution in [0.2, 0.25) is 0 Å². The van der Waals surface area contributed by atoms with Crippen LogP contribution in [-0.4, -0.2) is 12.6 Å². The van der Waals surface area contributed by atoms with Crippen LogP contribution in [0.25, 0.3) is 0 Å². The topological polar surface area (TPSA) is 12.0 Å². The van der Waals surface area contributed by atoms with Crippen LogP contribution in [-0.2, 0) is 0 Å². The highest BCUT2D eigenvalue weighted by Crippen LogP contribution is 2.11. The molecule has 1 heteroatoms. The average molecular weight is 270 g/mol. The Bertz CT molecular complexity index is 156. The van der Waals surface area contributed by atoms with Gasteiger partial charge in [0.15, 0.2) is 0 Å². The second kappa shape index (κ2) is 16.0. The molecule has 0 amide bonds. The van der Waals surface area contributed by atoms with Crippen molar-refractivity contribution in [2.24, 2.45) is 0 Å². The van der Waals surface area contributed by atoms with Crippen molar-refractivity contribution in [2.75, 3.05) is 6.54 Å². The molecule has 0 aromatic carbocycles. The summed E-state index contributed by atoms with van der Waals surface area (Å²) in [5, 5.41) is 3.61. The first-order valence-corrected chi connectivity index (χ1v) is 9.04. The van der Waals surface area contributed by atoms with E-state index in [1.165, 1.54) is 90.0 Å². The minimum Gasteiger partial charge on any atom is -0.314 e. The van der Waals surface area contributed by atoms with Gasteiger partial charge in [-0.05, 0) is 26.3 Å². The van der Waals surface area contributed by atoms with Crippen LogP contribution in [0.5, 0.6) is 0 Å². The number of unbranched alkanes of at least 4 members (excludes halogenated alkanes) is 10. The van der Waals surface area contributed by atoms with Gasteiger partial charge in [0.05, 0.1) is 0 Å². The van der Waals surface area contributed by atoms with E-state index in [4.69, 9.17) is 0 Å². The third-order valence-corrected chi connectivity index (χ3v) is 4.01. The van der Waals surface area contributed by atoms with E-state index in [-0.39, 0.29) is 0 Å². The Morgan fingerprint density at radius 3 is 1.63 bits per heavy atom. The predicted octanol–water partition coefficient (Wildman–Crippen LogP) is 6.08. The molecule has 0 aromatic heterocycles. The van der Waals surface area contributed by atoms with Crippen LogP contribution in [0.1, 0.15) is 104 Å². The molecule has 0 aliphatic rings. The van der Waals surface area contributed by atoms with E-state index in [0.29, 0.717) is 0 Å². The van der Waals surface area contributed by atoms with Gasteiger partial charge in [0.2, 0.25) is 0 Å². The van der Waals surface area contributed by atoms with E-state index in [1.807, 2.05) is 0 Å². The van der Waals surface area contributed by atoms with E-state index in [9.17, 15) is 0 Å². The molecule has 1 unspecified atom stereocenters. The third-order valence-electron chi connectivity index (χ3n) is 4.01. The normalized spacial score (nSPS) is 12.8. The molecule has 19 heavy (non-hydrogen) atoms. The van der Waals surface area contributed by atoms with Gasteiger partial charge in [-0.15, -0.1) is 0 Å². The maximum Gasteiger partial charge on any atom is 0.00387 e. The average Bonchev–Trinajstić information content (AvgIpc) is 2.41. The number of nitrogens with one attached hydrogen (secondary N) is 1. The van der Waals surface area contributed by atoms with E-state index in [1.54, 1.807) is 0 Å². The number of rotatable bonds is 15. The summed E-state index contributed by atoms with van der Waals surface area (Å²) in [4.78, 5) is 0. The fourth-order valence-corrected chi connectivity index (χ4v) is 2.57. The van der Waals surface area contributed by atoms with Crippen molar-refractivity contribution in [3.05, 3.63) is 0 Å². The summed E-state index contributed by atoms with van der Waals surface area (Å²) in [7, 11) is 0. The van der Waals surface area contributed by atoms with Gasteiger partial charge in [-0.1, -0.05) is 84.5 Å². The van der Waals surface area contributed by atoms with Crippen LogP contribution >= 0.6 is 0 Å². The lowest BCUT2D eigenvalue weighted by Gasteiger charge is -2.13. The Morgan fingerprint density at radius 2 is 1.11 bits per heavy atom. The van der Waals surface area contributed by atoms with Gasteiger partial charge >= 0.3 is 0 Å². The predicted molar refractivity (Wildman–Crippen MR) is 88.8 cm³/mol. The molecule has 1 nitrogen and oxygen atoms in total. The summed E-state index contributed by atoms with van der Waals surface area (Å²) in [6, 6.07) is 0.723. The molecular weight excluding hydrogens is 230 g/mol. The molecule has 0 spiro atoms. The second-order valence-corrected chi connectivity index (χ2v) is 6.18. The van der Waals surface area contributed by atoms with Crippen LogP contribution in [0.15, 0.2) is 0 Å². The van der Waals surface area contributed by atoms with Gasteiger partial charge in [-0.2, -0.15) is 0 Å². The molecule has 0 saturated carbocycles. The first-order chi connectivity index (χ1) is 9.31. The largest absolute Gasteiger partial charge is 0.314 e. The lowest BCUT2D eigenvalue weighted by atomic mass is 10.0. The van der Waals surface area contributed by atoms with Gasteiger partial charge in [0.1, 0.15) is 0 Å². The fourth-order valence-electron chi connectivity index (χ4n) is 2.57. The molecule has 0 aliphatic heterocycles.